The van der Waals surface area contributed by atoms with Crippen LogP contribution in [0.4, 0.5) is 4.79 Å². The molecule has 0 bridgehead atoms. The van der Waals surface area contributed by atoms with Crippen molar-refractivity contribution in [2.75, 3.05) is 6.54 Å². The minimum Gasteiger partial charge on any atom is -0.444 e. The Hall–Kier alpha value is -1.85. The molecule has 10 atom stereocenters. The van der Waals surface area contributed by atoms with Crippen LogP contribution in [0.3, 0.4) is 0 Å². The summed E-state index contributed by atoms with van der Waals surface area (Å²) in [7, 11) is 0. The van der Waals surface area contributed by atoms with Crippen molar-refractivity contribution in [2.45, 2.75) is 132 Å². The Labute approximate surface area is 253 Å². The van der Waals surface area contributed by atoms with E-state index in [0.29, 0.717) is 42.4 Å². The number of carbonyl (C=O) groups excluding carboxylic acids is 2. The van der Waals surface area contributed by atoms with Gasteiger partial charge in [0.05, 0.1) is 6.20 Å². The van der Waals surface area contributed by atoms with Crippen LogP contribution in [0.2, 0.25) is 0 Å². The lowest BCUT2D eigenvalue weighted by Crippen LogP contribution is -2.70. The maximum atomic E-state index is 14.8. The highest BCUT2D eigenvalue weighted by molar-refractivity contribution is 5.84. The van der Waals surface area contributed by atoms with E-state index in [4.69, 9.17) is 9.26 Å². The van der Waals surface area contributed by atoms with Crippen molar-refractivity contribution in [3.05, 3.63) is 17.5 Å². The second kappa shape index (κ2) is 9.33. The van der Waals surface area contributed by atoms with E-state index in [2.05, 4.69) is 58.9 Å². The van der Waals surface area contributed by atoms with E-state index in [1.54, 1.807) is 0 Å². The third-order valence-electron chi connectivity index (χ3n) is 14.5. The highest BCUT2D eigenvalue weighted by atomic mass is 16.6. The molecule has 234 valence electrons. The predicted octanol–water partition coefficient (Wildman–Crippen LogP) is 8.13. The summed E-state index contributed by atoms with van der Waals surface area (Å²) in [6.07, 6.45) is 9.89. The number of carbonyl (C=O) groups is 2. The molecule has 1 heterocycles. The quantitative estimate of drug-likeness (QED) is 0.382. The topological polar surface area (TPSA) is 81.4 Å². The summed E-state index contributed by atoms with van der Waals surface area (Å²) in [6, 6.07) is 0. The number of alkyl carbamates (subject to hydrolysis) is 1. The third kappa shape index (κ3) is 4.04. The first kappa shape index (κ1) is 30.2. The van der Waals surface area contributed by atoms with Crippen LogP contribution < -0.4 is 5.32 Å². The molecule has 1 aromatic heterocycles. The molecule has 0 unspecified atom stereocenters. The van der Waals surface area contributed by atoms with E-state index >= 15 is 0 Å². The number of Topliss-reactive ketones (excluding diaryl/α,β-unsaturated/α-hetero) is 1. The van der Waals surface area contributed by atoms with Crippen molar-refractivity contribution < 1.29 is 18.8 Å². The summed E-state index contributed by atoms with van der Waals surface area (Å²) in [5.41, 5.74) is 0.600. The van der Waals surface area contributed by atoms with E-state index in [1.807, 2.05) is 27.0 Å². The zero-order valence-electron chi connectivity index (χ0n) is 28.0. The van der Waals surface area contributed by atoms with Gasteiger partial charge in [0.25, 0.3) is 0 Å². The van der Waals surface area contributed by atoms with Crippen molar-refractivity contribution in [3.8, 4) is 0 Å². The normalized spacial score (nSPS) is 45.9. The monoisotopic (exact) mass is 580 g/mol. The zero-order chi connectivity index (χ0) is 30.7. The Balaban J connectivity index is 1.37. The lowest BCUT2D eigenvalue weighted by atomic mass is 9.31. The lowest BCUT2D eigenvalue weighted by molar-refractivity contribution is -0.231. The van der Waals surface area contributed by atoms with Crippen molar-refractivity contribution >= 4 is 11.9 Å². The number of nitrogens with one attached hydrogen (secondary N) is 1. The highest BCUT2D eigenvalue weighted by Crippen LogP contribution is 2.76. The van der Waals surface area contributed by atoms with Gasteiger partial charge < -0.3 is 14.6 Å². The minimum atomic E-state index is -0.528. The molecule has 5 aliphatic rings. The first-order chi connectivity index (χ1) is 19.4. The molecule has 1 aromatic rings. The van der Waals surface area contributed by atoms with Crippen molar-refractivity contribution in [2.24, 2.45) is 57.2 Å². The van der Waals surface area contributed by atoms with Crippen LogP contribution in [0.1, 0.15) is 126 Å². The largest absolute Gasteiger partial charge is 0.444 e. The van der Waals surface area contributed by atoms with Gasteiger partial charge in [-0.05, 0) is 117 Å². The predicted molar refractivity (Wildman–Crippen MR) is 164 cm³/mol. The number of fused-ring (bicyclic) bond motifs is 8. The van der Waals surface area contributed by atoms with Gasteiger partial charge in [0.1, 0.15) is 17.1 Å². The number of aromatic nitrogens is 1. The van der Waals surface area contributed by atoms with Gasteiger partial charge in [0, 0.05) is 29.9 Å². The Morgan fingerprint density at radius 1 is 1.02 bits per heavy atom. The third-order valence-corrected chi connectivity index (χ3v) is 14.5. The molecule has 0 aliphatic heterocycles. The number of amides is 1. The van der Waals surface area contributed by atoms with Crippen LogP contribution >= 0.6 is 0 Å². The van der Waals surface area contributed by atoms with Crippen LogP contribution in [0.5, 0.6) is 0 Å². The van der Waals surface area contributed by atoms with Gasteiger partial charge in [-0.15, -0.1) is 0 Å². The van der Waals surface area contributed by atoms with E-state index < -0.39 is 5.60 Å². The Kier molecular flexibility index (Phi) is 6.71. The second-order valence-electron chi connectivity index (χ2n) is 17.8. The fourth-order valence-electron chi connectivity index (χ4n) is 12.2. The van der Waals surface area contributed by atoms with Gasteiger partial charge in [0.15, 0.2) is 0 Å². The van der Waals surface area contributed by atoms with Gasteiger partial charge >= 0.3 is 6.09 Å². The Morgan fingerprint density at radius 2 is 1.74 bits per heavy atom. The Morgan fingerprint density at radius 3 is 2.43 bits per heavy atom. The van der Waals surface area contributed by atoms with E-state index in [9.17, 15) is 9.59 Å². The molecule has 4 fully saturated rings. The van der Waals surface area contributed by atoms with Crippen LogP contribution in [0.25, 0.3) is 0 Å². The fraction of sp³-hybridized carbons (Fsp3) is 0.861. The van der Waals surface area contributed by atoms with E-state index in [1.165, 1.54) is 5.56 Å². The van der Waals surface area contributed by atoms with Gasteiger partial charge in [-0.3, -0.25) is 4.79 Å². The maximum Gasteiger partial charge on any atom is 0.407 e. The minimum absolute atomic E-state index is 0.0248. The molecule has 4 saturated carbocycles. The molecule has 0 saturated heterocycles. The van der Waals surface area contributed by atoms with Gasteiger partial charge in [-0.1, -0.05) is 53.6 Å². The summed E-state index contributed by atoms with van der Waals surface area (Å²) < 4.78 is 11.5. The standard InChI is InChI=1S/C36H56N2O4/c1-21-11-14-36(20-37-30(40)41-31(3,4)5)16-15-35(10)28(27(36)22(21)2)24(39)17-26-33(8)18-23-19-38-42-29(23)32(6,7)25(33)12-13-34(26,35)9/h19,21-22,25-28H,11-18,20H2,1-10H3,(H,37,40)/t21-,22+,25+,26-,27+,28-,33+,34-,35-,36-/m1/s1. The van der Waals surface area contributed by atoms with E-state index in [-0.39, 0.29) is 45.0 Å². The van der Waals surface area contributed by atoms with Crippen LogP contribution in [0, 0.1) is 57.2 Å². The van der Waals surface area contributed by atoms with Crippen molar-refractivity contribution in [3.63, 3.8) is 0 Å². The molecular formula is C36H56N2O4. The van der Waals surface area contributed by atoms with Crippen LogP contribution in [-0.2, 0) is 21.4 Å². The number of hydrogen-bond acceptors (Lipinski definition) is 5. The molecule has 0 spiro atoms. The molecule has 0 aromatic carbocycles. The molecule has 1 N–H and O–H groups in total. The molecule has 6 nitrogen and oxygen atoms in total. The molecule has 42 heavy (non-hydrogen) atoms. The highest BCUT2D eigenvalue weighted by Gasteiger charge is 2.72. The molecule has 0 radical (unpaired) electrons. The zero-order valence-corrected chi connectivity index (χ0v) is 28.0. The summed E-state index contributed by atoms with van der Waals surface area (Å²) in [5.74, 6) is 3.67. The number of ether oxygens (including phenoxy) is 1. The first-order valence-corrected chi connectivity index (χ1v) is 16.8. The van der Waals surface area contributed by atoms with Gasteiger partial charge in [-0.25, -0.2) is 4.79 Å². The van der Waals surface area contributed by atoms with Crippen molar-refractivity contribution in [1.29, 1.82) is 0 Å². The number of rotatable bonds is 2. The first-order valence-electron chi connectivity index (χ1n) is 16.8. The number of ketones is 1. The van der Waals surface area contributed by atoms with Crippen molar-refractivity contribution in [1.82, 2.24) is 10.5 Å². The summed E-state index contributed by atoms with van der Waals surface area (Å²) >= 11 is 0. The molecule has 6 rings (SSSR count). The smallest absolute Gasteiger partial charge is 0.407 e. The number of nitrogens with zero attached hydrogens (tertiary/aromatic N) is 1. The molecular weight excluding hydrogens is 524 g/mol. The average Bonchev–Trinajstić information content (AvgIpc) is 3.35. The fourth-order valence-corrected chi connectivity index (χ4v) is 12.2. The molecule has 6 heteroatoms. The Bertz CT molecular complexity index is 1260. The molecule has 1 amide bonds. The summed E-state index contributed by atoms with van der Waals surface area (Å²) in [6.45, 7) is 23.4. The SMILES string of the molecule is C[C@@H]1[C@H]2[C@H]3C(=O)C[C@@H]4[C@@]5(C)Cc6cnoc6C(C)(C)[C@@H]5CC[C@@]4(C)[C@]3(C)CC[C@@]2(CNC(=O)OC(C)(C)C)CC[C@H]1C. The van der Waals surface area contributed by atoms with E-state index in [0.717, 1.165) is 50.7 Å². The van der Waals surface area contributed by atoms with Gasteiger partial charge in [-0.2, -0.15) is 0 Å². The van der Waals surface area contributed by atoms with Gasteiger partial charge in [0.2, 0.25) is 0 Å². The summed E-state index contributed by atoms with van der Waals surface area (Å²) in [5, 5.41) is 7.44. The molecule has 5 aliphatic carbocycles. The average molecular weight is 581 g/mol. The summed E-state index contributed by atoms with van der Waals surface area (Å²) in [4.78, 5) is 27.7. The maximum absolute atomic E-state index is 14.8. The van der Waals surface area contributed by atoms with Crippen LogP contribution in [0.15, 0.2) is 10.7 Å². The second-order valence-corrected chi connectivity index (χ2v) is 17.8. The van der Waals surface area contributed by atoms with Crippen LogP contribution in [-0.4, -0.2) is 29.2 Å². The lowest BCUT2D eigenvalue weighted by Gasteiger charge is -2.72. The number of hydrogen-bond donors (Lipinski definition) is 1.